The predicted molar refractivity (Wildman–Crippen MR) is 106 cm³/mol. The molecule has 0 spiro atoms. The molecule has 1 N–H and O–H groups in total. The second-order valence-corrected chi connectivity index (χ2v) is 7.99. The zero-order valence-electron chi connectivity index (χ0n) is 13.0. The Morgan fingerprint density at radius 2 is 2.08 bits per heavy atom. The summed E-state index contributed by atoms with van der Waals surface area (Å²) >= 11 is 13.3. The van der Waals surface area contributed by atoms with Gasteiger partial charge in [-0.3, -0.25) is 4.79 Å². The minimum Gasteiger partial charge on any atom is -0.489 e. The second kappa shape index (κ2) is 6.67. The molecule has 0 saturated carbocycles. The minimum absolute atomic E-state index is 0.131. The SMILES string of the molecule is O=C1NCCOc2c1n(Cc1cccc(Cl)c1)c1cc(Br)cc(Br)c21. The van der Waals surface area contributed by atoms with E-state index in [1.807, 2.05) is 41.0 Å². The zero-order chi connectivity index (χ0) is 17.6. The maximum absolute atomic E-state index is 12.7. The molecule has 1 aromatic heterocycles. The summed E-state index contributed by atoms with van der Waals surface area (Å²) in [5.74, 6) is 0.486. The third kappa shape index (κ3) is 3.07. The van der Waals surface area contributed by atoms with E-state index >= 15 is 0 Å². The van der Waals surface area contributed by atoms with E-state index in [-0.39, 0.29) is 5.91 Å². The van der Waals surface area contributed by atoms with E-state index < -0.39 is 0 Å². The number of carbonyl (C=O) groups is 1. The largest absolute Gasteiger partial charge is 0.489 e. The molecule has 4 rings (SSSR count). The highest BCUT2D eigenvalue weighted by atomic mass is 79.9. The van der Waals surface area contributed by atoms with Crippen molar-refractivity contribution in [2.24, 2.45) is 0 Å². The molecule has 1 aliphatic rings. The number of fused-ring (bicyclic) bond motifs is 3. The molecule has 0 aliphatic carbocycles. The number of nitrogens with zero attached hydrogens (tertiary/aromatic N) is 1. The molecule has 4 nitrogen and oxygen atoms in total. The number of hydrogen-bond donors (Lipinski definition) is 1. The van der Waals surface area contributed by atoms with Crippen LogP contribution >= 0.6 is 43.5 Å². The maximum atomic E-state index is 12.7. The monoisotopic (exact) mass is 482 g/mol. The van der Waals surface area contributed by atoms with E-state index in [0.29, 0.717) is 36.2 Å². The molecule has 0 unspecified atom stereocenters. The van der Waals surface area contributed by atoms with Gasteiger partial charge in [-0.05, 0) is 45.8 Å². The molecule has 0 atom stereocenters. The molecule has 0 saturated heterocycles. The van der Waals surface area contributed by atoms with Gasteiger partial charge in [0.1, 0.15) is 6.61 Å². The van der Waals surface area contributed by atoms with Gasteiger partial charge in [0.25, 0.3) is 5.91 Å². The standard InChI is InChI=1S/C18H13Br2ClN2O2/c19-11-7-13(20)15-14(8-11)23(9-10-2-1-3-12(21)6-10)16-17(15)25-5-4-22-18(16)24/h1-3,6-8H,4-5,9H2,(H,22,24). The molecular formula is C18H13Br2ClN2O2. The average molecular weight is 485 g/mol. The van der Waals surface area contributed by atoms with Crippen molar-refractivity contribution in [3.63, 3.8) is 0 Å². The molecule has 2 aromatic carbocycles. The Labute approximate surface area is 166 Å². The molecule has 0 bridgehead atoms. The Kier molecular flexibility index (Phi) is 4.52. The third-order valence-electron chi connectivity index (χ3n) is 4.12. The summed E-state index contributed by atoms with van der Waals surface area (Å²) in [6.07, 6.45) is 0. The highest BCUT2D eigenvalue weighted by molar-refractivity contribution is 9.11. The number of aromatic nitrogens is 1. The van der Waals surface area contributed by atoms with Gasteiger partial charge in [0.05, 0.1) is 17.4 Å². The van der Waals surface area contributed by atoms with Crippen LogP contribution in [0.25, 0.3) is 10.9 Å². The van der Waals surface area contributed by atoms with E-state index in [2.05, 4.69) is 37.2 Å². The lowest BCUT2D eigenvalue weighted by atomic mass is 10.2. The van der Waals surface area contributed by atoms with E-state index in [0.717, 1.165) is 25.4 Å². The number of amides is 1. The molecule has 3 aromatic rings. The normalized spacial score (nSPS) is 14.0. The van der Waals surface area contributed by atoms with E-state index in [1.54, 1.807) is 0 Å². The Morgan fingerprint density at radius 1 is 1.24 bits per heavy atom. The topological polar surface area (TPSA) is 43.3 Å². The summed E-state index contributed by atoms with van der Waals surface area (Å²) in [5.41, 5.74) is 2.47. The van der Waals surface area contributed by atoms with Crippen molar-refractivity contribution >= 4 is 60.3 Å². The lowest BCUT2D eigenvalue weighted by Gasteiger charge is -2.10. The smallest absolute Gasteiger partial charge is 0.271 e. The first-order valence-corrected chi connectivity index (χ1v) is 9.67. The first-order valence-electron chi connectivity index (χ1n) is 7.71. The lowest BCUT2D eigenvalue weighted by Crippen LogP contribution is -2.26. The van der Waals surface area contributed by atoms with Crippen molar-refractivity contribution in [2.45, 2.75) is 6.54 Å². The summed E-state index contributed by atoms with van der Waals surface area (Å²) in [6.45, 7) is 1.45. The van der Waals surface area contributed by atoms with Gasteiger partial charge in [0, 0.05) is 20.5 Å². The Bertz CT molecular complexity index is 1000. The molecule has 0 fully saturated rings. The Hall–Kier alpha value is -1.50. The van der Waals surface area contributed by atoms with Gasteiger partial charge in [0.15, 0.2) is 11.4 Å². The summed E-state index contributed by atoms with van der Waals surface area (Å²) in [7, 11) is 0. The van der Waals surface area contributed by atoms with Crippen LogP contribution in [-0.4, -0.2) is 23.6 Å². The molecule has 25 heavy (non-hydrogen) atoms. The van der Waals surface area contributed by atoms with Crippen molar-refractivity contribution in [1.82, 2.24) is 9.88 Å². The van der Waals surface area contributed by atoms with Gasteiger partial charge in [-0.15, -0.1) is 0 Å². The van der Waals surface area contributed by atoms with Crippen molar-refractivity contribution in [3.05, 3.63) is 61.6 Å². The Morgan fingerprint density at radius 3 is 2.88 bits per heavy atom. The average Bonchev–Trinajstić information content (AvgIpc) is 2.72. The van der Waals surface area contributed by atoms with Crippen molar-refractivity contribution < 1.29 is 9.53 Å². The van der Waals surface area contributed by atoms with Crippen LogP contribution in [-0.2, 0) is 6.54 Å². The molecule has 0 radical (unpaired) electrons. The van der Waals surface area contributed by atoms with E-state index in [4.69, 9.17) is 16.3 Å². The number of nitrogens with one attached hydrogen (secondary N) is 1. The highest BCUT2D eigenvalue weighted by Crippen LogP contribution is 2.41. The quantitative estimate of drug-likeness (QED) is 0.557. The number of benzene rings is 2. The highest BCUT2D eigenvalue weighted by Gasteiger charge is 2.28. The number of hydrogen-bond acceptors (Lipinski definition) is 2. The number of carbonyl (C=O) groups excluding carboxylic acids is 1. The van der Waals surface area contributed by atoms with Gasteiger partial charge in [-0.25, -0.2) is 0 Å². The van der Waals surface area contributed by atoms with E-state index in [1.165, 1.54) is 0 Å². The minimum atomic E-state index is -0.131. The van der Waals surface area contributed by atoms with Crippen molar-refractivity contribution in [2.75, 3.05) is 13.2 Å². The maximum Gasteiger partial charge on any atom is 0.271 e. The third-order valence-corrected chi connectivity index (χ3v) is 5.43. The molecule has 7 heteroatoms. The summed E-state index contributed by atoms with van der Waals surface area (Å²) in [6, 6.07) is 11.6. The molecule has 1 aliphatic heterocycles. The molecule has 1 amide bonds. The fourth-order valence-corrected chi connectivity index (χ4v) is 4.70. The number of rotatable bonds is 2. The number of halogens is 3. The van der Waals surface area contributed by atoms with Crippen LogP contribution in [0.4, 0.5) is 0 Å². The molecule has 2 heterocycles. The fraction of sp³-hybridized carbons (Fsp3) is 0.167. The van der Waals surface area contributed by atoms with E-state index in [9.17, 15) is 4.79 Å². The van der Waals surface area contributed by atoms with Crippen LogP contribution in [0.1, 0.15) is 16.1 Å². The van der Waals surface area contributed by atoms with Crippen LogP contribution in [0.3, 0.4) is 0 Å². The van der Waals surface area contributed by atoms with Crippen LogP contribution < -0.4 is 10.1 Å². The number of ether oxygens (including phenoxy) is 1. The zero-order valence-corrected chi connectivity index (χ0v) is 16.9. The van der Waals surface area contributed by atoms with Crippen molar-refractivity contribution in [3.8, 4) is 5.75 Å². The molecular weight excluding hydrogens is 471 g/mol. The van der Waals surface area contributed by atoms with Crippen LogP contribution in [0, 0.1) is 0 Å². The Balaban J connectivity index is 1.99. The summed E-state index contributed by atoms with van der Waals surface area (Å²) < 4.78 is 9.70. The summed E-state index contributed by atoms with van der Waals surface area (Å²) in [5, 5.41) is 4.47. The van der Waals surface area contributed by atoms with Gasteiger partial charge in [0.2, 0.25) is 0 Å². The first-order chi connectivity index (χ1) is 12.0. The second-order valence-electron chi connectivity index (χ2n) is 5.78. The van der Waals surface area contributed by atoms with Crippen molar-refractivity contribution in [1.29, 1.82) is 0 Å². The predicted octanol–water partition coefficient (Wildman–Crippen LogP) is 4.99. The summed E-state index contributed by atoms with van der Waals surface area (Å²) in [4.78, 5) is 12.7. The van der Waals surface area contributed by atoms with Gasteiger partial charge < -0.3 is 14.6 Å². The molecule has 128 valence electrons. The van der Waals surface area contributed by atoms with Gasteiger partial charge in [-0.2, -0.15) is 0 Å². The van der Waals surface area contributed by atoms with Gasteiger partial charge >= 0.3 is 0 Å². The van der Waals surface area contributed by atoms with Crippen LogP contribution in [0.2, 0.25) is 5.02 Å². The lowest BCUT2D eigenvalue weighted by molar-refractivity contribution is 0.0949. The van der Waals surface area contributed by atoms with Crippen LogP contribution in [0.15, 0.2) is 45.3 Å². The first kappa shape index (κ1) is 16.9. The fourth-order valence-electron chi connectivity index (χ4n) is 3.11. The van der Waals surface area contributed by atoms with Gasteiger partial charge in [-0.1, -0.05) is 39.7 Å². The van der Waals surface area contributed by atoms with Crippen LogP contribution in [0.5, 0.6) is 5.75 Å².